The Morgan fingerprint density at radius 1 is 1.64 bits per heavy atom. The monoisotopic (exact) mass is 209 g/mol. The predicted octanol–water partition coefficient (Wildman–Crippen LogP) is 2.74. The van der Waals surface area contributed by atoms with Crippen LogP contribution in [0.4, 0.5) is 0 Å². The molecule has 0 atom stereocenters. The third-order valence-electron chi connectivity index (χ3n) is 1.87. The molecule has 1 rings (SSSR count). The van der Waals surface area contributed by atoms with Crippen LogP contribution in [0.15, 0.2) is 18.0 Å². The maximum atomic E-state index is 11.1. The molecule has 0 aliphatic heterocycles. The van der Waals surface area contributed by atoms with Crippen LogP contribution in [0.1, 0.15) is 31.5 Å². The third kappa shape index (κ3) is 2.77. The zero-order valence-electron chi connectivity index (χ0n) is 8.83. The highest BCUT2D eigenvalue weighted by molar-refractivity contribution is 7.09. The Bertz CT molecular complexity index is 346. The number of nitrogens with zero attached hydrogens (tertiary/aromatic N) is 1. The summed E-state index contributed by atoms with van der Waals surface area (Å²) in [6, 6.07) is 0. The molecule has 0 spiro atoms. The van der Waals surface area contributed by atoms with Gasteiger partial charge in [-0.05, 0) is 6.08 Å². The highest BCUT2D eigenvalue weighted by Gasteiger charge is 2.17. The molecule has 0 fully saturated rings. The zero-order valence-corrected chi connectivity index (χ0v) is 9.65. The van der Waals surface area contributed by atoms with Gasteiger partial charge in [-0.25, -0.2) is 4.98 Å². The Balaban J connectivity index is 2.78. The Hall–Kier alpha value is -0.960. The summed E-state index contributed by atoms with van der Waals surface area (Å²) in [5, 5.41) is 2.89. The molecule has 0 unspecified atom stereocenters. The summed E-state index contributed by atoms with van der Waals surface area (Å²) >= 11 is 1.54. The van der Waals surface area contributed by atoms with E-state index in [1.54, 1.807) is 11.3 Å². The number of thiazole rings is 1. The lowest BCUT2D eigenvalue weighted by Gasteiger charge is -2.14. The fourth-order valence-electron chi connectivity index (χ4n) is 0.958. The molecule has 0 aliphatic carbocycles. The van der Waals surface area contributed by atoms with Crippen molar-refractivity contribution in [2.75, 3.05) is 0 Å². The second-order valence-corrected chi connectivity index (χ2v) is 5.17. The number of allylic oxidation sites excluding steroid dienone is 1. The molecule has 14 heavy (non-hydrogen) atoms. The van der Waals surface area contributed by atoms with Crippen molar-refractivity contribution in [3.8, 4) is 0 Å². The molecule has 0 amide bonds. The molecule has 2 nitrogen and oxygen atoms in total. The molecule has 1 heterocycles. The van der Waals surface area contributed by atoms with E-state index in [0.29, 0.717) is 6.42 Å². The molecule has 0 bridgehead atoms. The van der Waals surface area contributed by atoms with Gasteiger partial charge < -0.3 is 0 Å². The van der Waals surface area contributed by atoms with E-state index in [9.17, 15) is 4.79 Å². The SMILES string of the molecule is C=CC(=O)Cc1nc(C(C)(C)C)cs1. The Morgan fingerprint density at radius 2 is 2.29 bits per heavy atom. The minimum atomic E-state index is 0.0276. The number of carbonyl (C=O) groups is 1. The van der Waals surface area contributed by atoms with Crippen LogP contribution in [-0.4, -0.2) is 10.8 Å². The molecular formula is C11H15NOS. The summed E-state index contributed by atoms with van der Waals surface area (Å²) in [5.74, 6) is 0.0276. The van der Waals surface area contributed by atoms with Crippen LogP contribution in [0.5, 0.6) is 0 Å². The molecule has 0 saturated heterocycles. The zero-order chi connectivity index (χ0) is 10.8. The van der Waals surface area contributed by atoms with Gasteiger partial charge in [0, 0.05) is 10.8 Å². The van der Waals surface area contributed by atoms with Crippen molar-refractivity contribution >= 4 is 17.1 Å². The molecule has 0 aliphatic rings. The first kappa shape index (κ1) is 11.1. The summed E-state index contributed by atoms with van der Waals surface area (Å²) in [7, 11) is 0. The first-order chi connectivity index (χ1) is 6.43. The first-order valence-electron chi connectivity index (χ1n) is 4.53. The van der Waals surface area contributed by atoms with Gasteiger partial charge in [-0.1, -0.05) is 27.4 Å². The van der Waals surface area contributed by atoms with Crippen LogP contribution in [0, 0.1) is 0 Å². The lowest BCUT2D eigenvalue weighted by atomic mass is 9.93. The highest BCUT2D eigenvalue weighted by Crippen LogP contribution is 2.24. The summed E-state index contributed by atoms with van der Waals surface area (Å²) < 4.78 is 0. The van der Waals surface area contributed by atoms with Gasteiger partial charge in [-0.15, -0.1) is 11.3 Å². The molecule has 0 saturated carbocycles. The van der Waals surface area contributed by atoms with Crippen LogP contribution >= 0.6 is 11.3 Å². The Kier molecular flexibility index (Phi) is 3.21. The fraction of sp³-hybridized carbons (Fsp3) is 0.455. The number of carbonyl (C=O) groups excluding carboxylic acids is 1. The van der Waals surface area contributed by atoms with Gasteiger partial charge in [0.25, 0.3) is 0 Å². The van der Waals surface area contributed by atoms with E-state index >= 15 is 0 Å². The number of hydrogen-bond donors (Lipinski definition) is 0. The second kappa shape index (κ2) is 4.05. The van der Waals surface area contributed by atoms with E-state index < -0.39 is 0 Å². The van der Waals surface area contributed by atoms with E-state index in [-0.39, 0.29) is 11.2 Å². The average Bonchev–Trinajstić information content (AvgIpc) is 2.51. The van der Waals surface area contributed by atoms with Gasteiger partial charge in [-0.3, -0.25) is 4.79 Å². The van der Waals surface area contributed by atoms with Gasteiger partial charge >= 0.3 is 0 Å². The van der Waals surface area contributed by atoms with Crippen molar-refractivity contribution in [2.45, 2.75) is 32.6 Å². The van der Waals surface area contributed by atoms with Gasteiger partial charge in [0.05, 0.1) is 12.1 Å². The molecule has 0 aromatic carbocycles. The number of aromatic nitrogens is 1. The van der Waals surface area contributed by atoms with E-state index in [4.69, 9.17) is 0 Å². The summed E-state index contributed by atoms with van der Waals surface area (Å²) in [6.45, 7) is 9.78. The van der Waals surface area contributed by atoms with E-state index in [1.165, 1.54) is 6.08 Å². The van der Waals surface area contributed by atoms with Crippen LogP contribution in [-0.2, 0) is 16.6 Å². The Morgan fingerprint density at radius 3 is 2.71 bits per heavy atom. The standard InChI is InChI=1S/C11H15NOS/c1-5-8(13)6-10-12-9(7-14-10)11(2,3)4/h5,7H,1,6H2,2-4H3. The third-order valence-corrected chi connectivity index (χ3v) is 2.72. The molecule has 76 valence electrons. The maximum Gasteiger partial charge on any atom is 0.161 e. The molecule has 0 N–H and O–H groups in total. The molecular weight excluding hydrogens is 194 g/mol. The molecule has 3 heteroatoms. The van der Waals surface area contributed by atoms with Crippen LogP contribution < -0.4 is 0 Å². The van der Waals surface area contributed by atoms with Crippen molar-refractivity contribution in [1.29, 1.82) is 0 Å². The minimum absolute atomic E-state index is 0.0276. The predicted molar refractivity (Wildman–Crippen MR) is 59.7 cm³/mol. The minimum Gasteiger partial charge on any atom is -0.294 e. The molecule has 1 aromatic heterocycles. The van der Waals surface area contributed by atoms with Gasteiger partial charge in [0.1, 0.15) is 5.01 Å². The normalized spacial score (nSPS) is 11.4. The summed E-state index contributed by atoms with van der Waals surface area (Å²) in [5.41, 5.74) is 1.11. The van der Waals surface area contributed by atoms with Crippen molar-refractivity contribution in [2.24, 2.45) is 0 Å². The summed E-state index contributed by atoms with van der Waals surface area (Å²) in [6.07, 6.45) is 1.72. The summed E-state index contributed by atoms with van der Waals surface area (Å²) in [4.78, 5) is 15.5. The second-order valence-electron chi connectivity index (χ2n) is 4.22. The van der Waals surface area contributed by atoms with Crippen molar-refractivity contribution in [3.63, 3.8) is 0 Å². The van der Waals surface area contributed by atoms with Gasteiger partial charge in [0.15, 0.2) is 5.78 Å². The van der Waals surface area contributed by atoms with Crippen molar-refractivity contribution in [1.82, 2.24) is 4.98 Å². The van der Waals surface area contributed by atoms with E-state index in [2.05, 4.69) is 32.3 Å². The number of ketones is 1. The first-order valence-corrected chi connectivity index (χ1v) is 5.41. The van der Waals surface area contributed by atoms with Crippen LogP contribution in [0.25, 0.3) is 0 Å². The fourth-order valence-corrected chi connectivity index (χ4v) is 1.99. The maximum absolute atomic E-state index is 11.1. The lowest BCUT2D eigenvalue weighted by molar-refractivity contribution is -0.114. The number of hydrogen-bond acceptors (Lipinski definition) is 3. The highest BCUT2D eigenvalue weighted by atomic mass is 32.1. The average molecular weight is 209 g/mol. The Labute approximate surface area is 88.7 Å². The van der Waals surface area contributed by atoms with E-state index in [0.717, 1.165) is 10.7 Å². The largest absolute Gasteiger partial charge is 0.294 e. The molecule has 0 radical (unpaired) electrons. The van der Waals surface area contributed by atoms with Crippen molar-refractivity contribution in [3.05, 3.63) is 28.7 Å². The van der Waals surface area contributed by atoms with Gasteiger partial charge in [0.2, 0.25) is 0 Å². The van der Waals surface area contributed by atoms with Crippen LogP contribution in [0.2, 0.25) is 0 Å². The van der Waals surface area contributed by atoms with E-state index in [1.807, 2.05) is 5.38 Å². The quantitative estimate of drug-likeness (QED) is 0.716. The van der Waals surface area contributed by atoms with Gasteiger partial charge in [-0.2, -0.15) is 0 Å². The molecule has 1 aromatic rings. The topological polar surface area (TPSA) is 30.0 Å². The van der Waals surface area contributed by atoms with Crippen molar-refractivity contribution < 1.29 is 4.79 Å². The van der Waals surface area contributed by atoms with Crippen LogP contribution in [0.3, 0.4) is 0 Å². The lowest BCUT2D eigenvalue weighted by Crippen LogP contribution is -2.11. The smallest absolute Gasteiger partial charge is 0.161 e. The number of rotatable bonds is 3.